The molecule has 0 bridgehead atoms. The van der Waals surface area contributed by atoms with E-state index >= 15 is 0 Å². The van der Waals surface area contributed by atoms with Crippen molar-refractivity contribution in [1.82, 2.24) is 15.1 Å². The van der Waals surface area contributed by atoms with Crippen molar-refractivity contribution >= 4 is 6.03 Å². The highest BCUT2D eigenvalue weighted by Gasteiger charge is 2.22. The summed E-state index contributed by atoms with van der Waals surface area (Å²) in [5, 5.41) is 3.25. The van der Waals surface area contributed by atoms with Gasteiger partial charge in [0.15, 0.2) is 0 Å². The molecule has 2 aliphatic rings. The molecule has 0 atom stereocenters. The van der Waals surface area contributed by atoms with Crippen LogP contribution in [0.5, 0.6) is 0 Å². The van der Waals surface area contributed by atoms with E-state index in [-0.39, 0.29) is 6.03 Å². The van der Waals surface area contributed by atoms with E-state index in [0.29, 0.717) is 12.6 Å². The minimum atomic E-state index is 0.0849. The van der Waals surface area contributed by atoms with Crippen molar-refractivity contribution in [2.45, 2.75) is 45.2 Å². The Hall–Kier alpha value is -1.59. The topological polar surface area (TPSA) is 44.8 Å². The van der Waals surface area contributed by atoms with Gasteiger partial charge in [-0.15, -0.1) is 0 Å². The predicted molar refractivity (Wildman–Crippen MR) is 99.6 cm³/mol. The quantitative estimate of drug-likeness (QED) is 0.862. The van der Waals surface area contributed by atoms with Gasteiger partial charge < -0.3 is 15.0 Å². The molecule has 138 valence electrons. The zero-order valence-corrected chi connectivity index (χ0v) is 15.4. The standard InChI is InChI=1S/C20H31N3O2/c1-17-5-4-6-18(15-17)16-23(10-9-22-11-13-25-14-12-22)20(24)21-19-7-2-3-8-19/h4-6,15,19H,2-3,7-14,16H2,1H3,(H,21,24). The number of hydrogen-bond donors (Lipinski definition) is 1. The Kier molecular flexibility index (Phi) is 6.70. The first-order valence-corrected chi connectivity index (χ1v) is 9.62. The normalized spacial score (nSPS) is 19.1. The lowest BCUT2D eigenvalue weighted by Gasteiger charge is -2.31. The number of aryl methyl sites for hydroxylation is 1. The van der Waals surface area contributed by atoms with E-state index in [0.717, 1.165) is 52.2 Å². The Bertz CT molecular complexity index is 552. The molecule has 0 unspecified atom stereocenters. The molecule has 1 N–H and O–H groups in total. The maximum Gasteiger partial charge on any atom is 0.317 e. The molecular formula is C20H31N3O2. The summed E-state index contributed by atoms with van der Waals surface area (Å²) in [6.45, 7) is 7.95. The minimum absolute atomic E-state index is 0.0849. The van der Waals surface area contributed by atoms with Gasteiger partial charge in [0.2, 0.25) is 0 Å². The highest BCUT2D eigenvalue weighted by molar-refractivity contribution is 5.74. The molecule has 2 fully saturated rings. The number of rotatable bonds is 6. The maximum atomic E-state index is 12.8. The molecule has 1 saturated carbocycles. The van der Waals surface area contributed by atoms with Crippen LogP contribution in [0.2, 0.25) is 0 Å². The lowest BCUT2D eigenvalue weighted by Crippen LogP contribution is -2.47. The molecule has 5 nitrogen and oxygen atoms in total. The third-order valence-corrected chi connectivity index (χ3v) is 5.22. The van der Waals surface area contributed by atoms with Crippen molar-refractivity contribution in [1.29, 1.82) is 0 Å². The monoisotopic (exact) mass is 345 g/mol. The molecule has 1 aliphatic heterocycles. The summed E-state index contributed by atoms with van der Waals surface area (Å²) in [5.74, 6) is 0. The van der Waals surface area contributed by atoms with E-state index < -0.39 is 0 Å². The van der Waals surface area contributed by atoms with Crippen molar-refractivity contribution in [2.75, 3.05) is 39.4 Å². The SMILES string of the molecule is Cc1cccc(CN(CCN2CCOCC2)C(=O)NC2CCCC2)c1. The van der Waals surface area contributed by atoms with Gasteiger partial charge in [-0.2, -0.15) is 0 Å². The van der Waals surface area contributed by atoms with Crippen molar-refractivity contribution in [3.63, 3.8) is 0 Å². The Morgan fingerprint density at radius 1 is 1.28 bits per heavy atom. The number of carbonyl (C=O) groups excluding carboxylic acids is 1. The van der Waals surface area contributed by atoms with Gasteiger partial charge in [-0.1, -0.05) is 42.7 Å². The number of nitrogens with one attached hydrogen (secondary N) is 1. The number of urea groups is 1. The third-order valence-electron chi connectivity index (χ3n) is 5.22. The molecule has 0 spiro atoms. The zero-order chi connectivity index (χ0) is 17.5. The van der Waals surface area contributed by atoms with Crippen molar-refractivity contribution in [2.24, 2.45) is 0 Å². The van der Waals surface area contributed by atoms with E-state index in [1.165, 1.54) is 24.0 Å². The molecule has 5 heteroatoms. The van der Waals surface area contributed by atoms with Gasteiger partial charge in [-0.25, -0.2) is 4.79 Å². The van der Waals surface area contributed by atoms with Crippen LogP contribution in [0.25, 0.3) is 0 Å². The van der Waals surface area contributed by atoms with E-state index in [1.807, 2.05) is 4.90 Å². The number of benzene rings is 1. The van der Waals surface area contributed by atoms with Crippen LogP contribution < -0.4 is 5.32 Å². The number of nitrogens with zero attached hydrogens (tertiary/aromatic N) is 2. The lowest BCUT2D eigenvalue weighted by molar-refractivity contribution is 0.0346. The first kappa shape index (κ1) is 18.2. The van der Waals surface area contributed by atoms with Gasteiger partial charge in [0, 0.05) is 38.8 Å². The van der Waals surface area contributed by atoms with Crippen LogP contribution in [0, 0.1) is 6.92 Å². The third kappa shape index (κ3) is 5.72. The Labute approximate surface area is 151 Å². The van der Waals surface area contributed by atoms with Crippen LogP contribution in [0.4, 0.5) is 4.79 Å². The fourth-order valence-corrected chi connectivity index (χ4v) is 3.71. The van der Waals surface area contributed by atoms with Gasteiger partial charge in [0.1, 0.15) is 0 Å². The smallest absolute Gasteiger partial charge is 0.317 e. The molecule has 1 aromatic rings. The Balaban J connectivity index is 1.60. The molecule has 25 heavy (non-hydrogen) atoms. The first-order chi connectivity index (χ1) is 12.2. The van der Waals surface area contributed by atoms with Crippen LogP contribution in [0.1, 0.15) is 36.8 Å². The summed E-state index contributed by atoms with van der Waals surface area (Å²) in [7, 11) is 0. The van der Waals surface area contributed by atoms with Gasteiger partial charge >= 0.3 is 6.03 Å². The molecule has 0 aromatic heterocycles. The van der Waals surface area contributed by atoms with Crippen molar-refractivity contribution in [3.8, 4) is 0 Å². The number of hydrogen-bond acceptors (Lipinski definition) is 3. The maximum absolute atomic E-state index is 12.8. The van der Waals surface area contributed by atoms with Crippen LogP contribution in [-0.2, 0) is 11.3 Å². The molecule has 1 heterocycles. The van der Waals surface area contributed by atoms with Gasteiger partial charge in [-0.05, 0) is 25.3 Å². The fraction of sp³-hybridized carbons (Fsp3) is 0.650. The molecule has 3 rings (SSSR count). The fourth-order valence-electron chi connectivity index (χ4n) is 3.71. The molecule has 1 aliphatic carbocycles. The molecule has 1 aromatic carbocycles. The lowest BCUT2D eigenvalue weighted by atomic mass is 10.1. The predicted octanol–water partition coefficient (Wildman–Crippen LogP) is 2.78. The van der Waals surface area contributed by atoms with E-state index in [2.05, 4.69) is 41.4 Å². The van der Waals surface area contributed by atoms with Crippen LogP contribution in [0.3, 0.4) is 0 Å². The molecular weight excluding hydrogens is 314 g/mol. The molecule has 2 amide bonds. The van der Waals surface area contributed by atoms with Gasteiger partial charge in [0.05, 0.1) is 13.2 Å². The highest BCUT2D eigenvalue weighted by atomic mass is 16.5. The summed E-state index contributed by atoms with van der Waals surface area (Å²) < 4.78 is 5.42. The number of ether oxygens (including phenoxy) is 1. The first-order valence-electron chi connectivity index (χ1n) is 9.62. The Morgan fingerprint density at radius 2 is 2.04 bits per heavy atom. The second-order valence-corrected chi connectivity index (χ2v) is 7.30. The highest BCUT2D eigenvalue weighted by Crippen LogP contribution is 2.18. The largest absolute Gasteiger partial charge is 0.379 e. The van der Waals surface area contributed by atoms with Gasteiger partial charge in [0.25, 0.3) is 0 Å². The summed E-state index contributed by atoms with van der Waals surface area (Å²) in [6.07, 6.45) is 4.70. The molecule has 0 radical (unpaired) electrons. The Morgan fingerprint density at radius 3 is 2.76 bits per heavy atom. The summed E-state index contributed by atoms with van der Waals surface area (Å²) in [5.41, 5.74) is 2.44. The summed E-state index contributed by atoms with van der Waals surface area (Å²) >= 11 is 0. The van der Waals surface area contributed by atoms with Crippen molar-refractivity contribution in [3.05, 3.63) is 35.4 Å². The second-order valence-electron chi connectivity index (χ2n) is 7.30. The second kappa shape index (κ2) is 9.20. The van der Waals surface area contributed by atoms with Crippen LogP contribution in [0.15, 0.2) is 24.3 Å². The average Bonchev–Trinajstić information content (AvgIpc) is 3.12. The van der Waals surface area contributed by atoms with E-state index in [4.69, 9.17) is 4.74 Å². The van der Waals surface area contributed by atoms with Gasteiger partial charge in [-0.3, -0.25) is 4.90 Å². The molecule has 1 saturated heterocycles. The van der Waals surface area contributed by atoms with Crippen LogP contribution in [-0.4, -0.2) is 61.3 Å². The number of carbonyl (C=O) groups is 1. The van der Waals surface area contributed by atoms with E-state index in [1.54, 1.807) is 0 Å². The van der Waals surface area contributed by atoms with Crippen molar-refractivity contribution < 1.29 is 9.53 Å². The average molecular weight is 345 g/mol. The van der Waals surface area contributed by atoms with E-state index in [9.17, 15) is 4.79 Å². The number of morpholine rings is 1. The minimum Gasteiger partial charge on any atom is -0.379 e. The summed E-state index contributed by atoms with van der Waals surface area (Å²) in [6, 6.07) is 8.89. The number of amides is 2. The van der Waals surface area contributed by atoms with Crippen LogP contribution >= 0.6 is 0 Å². The summed E-state index contributed by atoms with van der Waals surface area (Å²) in [4.78, 5) is 17.2. The zero-order valence-electron chi connectivity index (χ0n) is 15.4.